The molecular formula is C16H16N4O3S. The first-order valence-electron chi connectivity index (χ1n) is 7.29. The summed E-state index contributed by atoms with van der Waals surface area (Å²) in [6.45, 7) is 5.23. The number of hydrogen-bond acceptors (Lipinski definition) is 5. The molecule has 0 atom stereocenters. The third-order valence-corrected chi connectivity index (χ3v) is 4.48. The number of rotatable bonds is 2. The number of nitrogens with zero attached hydrogens (tertiary/aromatic N) is 2. The average molecular weight is 344 g/mol. The Labute approximate surface area is 141 Å². The molecule has 124 valence electrons. The van der Waals surface area contributed by atoms with E-state index in [1.165, 1.54) is 10.8 Å². The Bertz CT molecular complexity index is 999. The lowest BCUT2D eigenvalue weighted by Crippen LogP contribution is -2.55. The zero-order valence-corrected chi connectivity index (χ0v) is 14.2. The van der Waals surface area contributed by atoms with Gasteiger partial charge in [-0.25, -0.2) is 0 Å². The maximum atomic E-state index is 12.4. The maximum absolute atomic E-state index is 12.4. The highest BCUT2D eigenvalue weighted by Gasteiger charge is 2.32. The largest absolute Gasteiger partial charge is 0.322 e. The summed E-state index contributed by atoms with van der Waals surface area (Å²) in [6.07, 6.45) is 1.22. The Morgan fingerprint density at radius 1 is 1.29 bits per heavy atom. The minimum absolute atomic E-state index is 0.205. The van der Waals surface area contributed by atoms with Gasteiger partial charge in [-0.1, -0.05) is 29.0 Å². The van der Waals surface area contributed by atoms with E-state index in [2.05, 4.69) is 15.7 Å². The van der Waals surface area contributed by atoms with Gasteiger partial charge in [0.2, 0.25) is 10.7 Å². The molecule has 3 rings (SSSR count). The van der Waals surface area contributed by atoms with Crippen molar-refractivity contribution in [2.75, 3.05) is 10.7 Å². The van der Waals surface area contributed by atoms with Gasteiger partial charge in [0.25, 0.3) is 11.5 Å². The van der Waals surface area contributed by atoms with Gasteiger partial charge in [0, 0.05) is 11.8 Å². The fourth-order valence-corrected chi connectivity index (χ4v) is 3.03. The first kappa shape index (κ1) is 16.1. The molecule has 8 heteroatoms. The second kappa shape index (κ2) is 5.72. The molecule has 7 nitrogen and oxygen atoms in total. The highest BCUT2D eigenvalue weighted by Crippen LogP contribution is 2.09. The molecule has 0 fully saturated rings. The van der Waals surface area contributed by atoms with E-state index in [9.17, 15) is 14.4 Å². The number of amides is 2. The second-order valence-electron chi connectivity index (χ2n) is 6.04. The Balaban J connectivity index is 1.94. The van der Waals surface area contributed by atoms with Gasteiger partial charge in [0.1, 0.15) is 10.1 Å². The Hall–Kier alpha value is -2.74. The minimum atomic E-state index is -0.959. The number of aromatic nitrogens is 1. The van der Waals surface area contributed by atoms with Crippen molar-refractivity contribution < 1.29 is 9.59 Å². The molecule has 0 saturated carbocycles. The van der Waals surface area contributed by atoms with Crippen LogP contribution in [0.3, 0.4) is 0 Å². The summed E-state index contributed by atoms with van der Waals surface area (Å²) in [4.78, 5) is 40.5. The second-order valence-corrected chi connectivity index (χ2v) is 7.05. The minimum Gasteiger partial charge on any atom is -0.322 e. The number of fused-ring (bicyclic) bond motifs is 1. The van der Waals surface area contributed by atoms with E-state index in [4.69, 9.17) is 0 Å². The fourth-order valence-electron chi connectivity index (χ4n) is 2.14. The van der Waals surface area contributed by atoms with Gasteiger partial charge in [-0.2, -0.15) is 9.67 Å². The Morgan fingerprint density at radius 3 is 2.62 bits per heavy atom. The van der Waals surface area contributed by atoms with E-state index in [0.29, 0.717) is 5.69 Å². The highest BCUT2D eigenvalue weighted by molar-refractivity contribution is 7.07. The summed E-state index contributed by atoms with van der Waals surface area (Å²) in [5.74, 6) is -0.778. The molecule has 2 aromatic rings. The number of carbonyl (C=O) groups excluding carboxylic acids is 2. The predicted molar refractivity (Wildman–Crippen MR) is 92.1 cm³/mol. The Morgan fingerprint density at radius 2 is 1.96 bits per heavy atom. The van der Waals surface area contributed by atoms with Crippen molar-refractivity contribution in [3.05, 3.63) is 49.5 Å². The number of aryl methyl sites for hydroxylation is 1. The molecule has 2 N–H and O–H groups in total. The van der Waals surface area contributed by atoms with E-state index >= 15 is 0 Å². The molecule has 0 radical (unpaired) electrons. The van der Waals surface area contributed by atoms with Crippen LogP contribution in [-0.4, -0.2) is 22.0 Å². The van der Waals surface area contributed by atoms with Crippen LogP contribution in [0.25, 0.3) is 6.08 Å². The summed E-state index contributed by atoms with van der Waals surface area (Å²) < 4.78 is 1.41. The highest BCUT2D eigenvalue weighted by atomic mass is 32.1. The smallest absolute Gasteiger partial charge is 0.289 e. The van der Waals surface area contributed by atoms with Crippen molar-refractivity contribution in [1.82, 2.24) is 4.68 Å². The molecule has 2 heterocycles. The quantitative estimate of drug-likeness (QED) is 0.809. The molecule has 24 heavy (non-hydrogen) atoms. The van der Waals surface area contributed by atoms with Crippen LogP contribution in [0.2, 0.25) is 0 Å². The van der Waals surface area contributed by atoms with Gasteiger partial charge in [0.15, 0.2) is 0 Å². The normalized spacial score (nSPS) is 16.1. The van der Waals surface area contributed by atoms with Crippen LogP contribution in [0.1, 0.15) is 19.4 Å². The van der Waals surface area contributed by atoms with E-state index in [1.807, 2.05) is 19.1 Å². The summed E-state index contributed by atoms with van der Waals surface area (Å²) in [6, 6.07) is 7.33. The lowest BCUT2D eigenvalue weighted by Gasteiger charge is -2.26. The van der Waals surface area contributed by atoms with Gasteiger partial charge in [-0.15, -0.1) is 0 Å². The van der Waals surface area contributed by atoms with Crippen LogP contribution in [-0.2, 0) is 9.59 Å². The molecule has 1 aliphatic rings. The molecule has 1 aromatic carbocycles. The number of thiazole rings is 1. The molecule has 0 spiro atoms. The average Bonchev–Trinajstić information content (AvgIpc) is 2.78. The lowest BCUT2D eigenvalue weighted by atomic mass is 10.1. The van der Waals surface area contributed by atoms with Crippen molar-refractivity contribution in [2.24, 2.45) is 4.99 Å². The first-order chi connectivity index (χ1) is 11.3. The third kappa shape index (κ3) is 3.00. The summed E-state index contributed by atoms with van der Waals surface area (Å²) in [7, 11) is 0. The number of carbonyl (C=O) groups is 2. The van der Waals surface area contributed by atoms with Crippen molar-refractivity contribution in [2.45, 2.75) is 26.3 Å². The van der Waals surface area contributed by atoms with Gasteiger partial charge >= 0.3 is 0 Å². The standard InChI is InChI=1S/C16H16N4O3S/c1-9-4-6-10(7-5-9)17-12(21)8-11-13(22)20-15(24-11)18-14(23)16(2,3)19-20/h4-8,19H,1-3H3,(H,17,21). The van der Waals surface area contributed by atoms with E-state index in [0.717, 1.165) is 16.9 Å². The number of anilines is 1. The maximum Gasteiger partial charge on any atom is 0.289 e. The van der Waals surface area contributed by atoms with E-state index in [1.54, 1.807) is 26.0 Å². The van der Waals surface area contributed by atoms with Crippen LogP contribution < -0.4 is 25.6 Å². The van der Waals surface area contributed by atoms with Gasteiger partial charge < -0.3 is 10.7 Å². The molecular weight excluding hydrogens is 328 g/mol. The summed E-state index contributed by atoms with van der Waals surface area (Å²) in [5, 5.41) is 2.70. The van der Waals surface area contributed by atoms with Crippen LogP contribution >= 0.6 is 11.3 Å². The van der Waals surface area contributed by atoms with Gasteiger partial charge in [-0.05, 0) is 32.9 Å². The molecule has 2 amide bonds. The first-order valence-corrected chi connectivity index (χ1v) is 8.10. The Kier molecular flexibility index (Phi) is 3.84. The van der Waals surface area contributed by atoms with E-state index < -0.39 is 17.0 Å². The number of hydrogen-bond donors (Lipinski definition) is 2. The molecule has 0 bridgehead atoms. The van der Waals surface area contributed by atoms with Crippen LogP contribution in [0.5, 0.6) is 0 Å². The molecule has 1 aliphatic heterocycles. The van der Waals surface area contributed by atoms with Crippen LogP contribution in [0, 0.1) is 6.92 Å². The van der Waals surface area contributed by atoms with Gasteiger partial charge in [0.05, 0.1) is 0 Å². The van der Waals surface area contributed by atoms with Crippen molar-refractivity contribution in [1.29, 1.82) is 0 Å². The van der Waals surface area contributed by atoms with Crippen LogP contribution in [0.4, 0.5) is 5.69 Å². The fraction of sp³-hybridized carbons (Fsp3) is 0.250. The molecule has 0 saturated heterocycles. The SMILES string of the molecule is Cc1ccc(NC(=O)C=c2sc3n(c2=O)NC(C)(C)C(=O)N=3)cc1. The topological polar surface area (TPSA) is 92.6 Å². The monoisotopic (exact) mass is 344 g/mol. The van der Waals surface area contributed by atoms with Crippen molar-refractivity contribution >= 4 is 34.9 Å². The molecule has 1 aromatic heterocycles. The predicted octanol–water partition coefficient (Wildman–Crippen LogP) is 0.119. The van der Waals surface area contributed by atoms with Crippen molar-refractivity contribution in [3.8, 4) is 0 Å². The van der Waals surface area contributed by atoms with Crippen molar-refractivity contribution in [3.63, 3.8) is 0 Å². The number of benzene rings is 1. The third-order valence-electron chi connectivity index (χ3n) is 3.51. The lowest BCUT2D eigenvalue weighted by molar-refractivity contribution is -0.122. The van der Waals surface area contributed by atoms with E-state index in [-0.39, 0.29) is 15.2 Å². The summed E-state index contributed by atoms with van der Waals surface area (Å²) >= 11 is 0.992. The summed E-state index contributed by atoms with van der Waals surface area (Å²) in [5.41, 5.74) is 3.19. The zero-order valence-electron chi connectivity index (χ0n) is 13.4. The number of nitrogens with one attached hydrogen (secondary N) is 2. The molecule has 0 aliphatic carbocycles. The zero-order chi connectivity index (χ0) is 17.5. The molecule has 0 unspecified atom stereocenters. The van der Waals surface area contributed by atoms with Crippen LogP contribution in [0.15, 0.2) is 34.1 Å². The van der Waals surface area contributed by atoms with Gasteiger partial charge in [-0.3, -0.25) is 14.4 Å².